The second-order valence-electron chi connectivity index (χ2n) is 7.01. The van der Waals surface area contributed by atoms with Crippen LogP contribution in [0, 0.1) is 0 Å². The molecule has 0 radical (unpaired) electrons. The summed E-state index contributed by atoms with van der Waals surface area (Å²) in [5.74, 6) is 0.569. The molecule has 2 aliphatic rings. The Labute approximate surface area is 177 Å². The maximum atomic E-state index is 12.4. The van der Waals surface area contributed by atoms with Crippen molar-refractivity contribution in [3.8, 4) is 17.2 Å². The van der Waals surface area contributed by atoms with Gasteiger partial charge in [-0.1, -0.05) is 0 Å². The summed E-state index contributed by atoms with van der Waals surface area (Å²) in [6.07, 6.45) is 2.65. The molecule has 0 unspecified atom stereocenters. The molecule has 8 nitrogen and oxygen atoms in total. The molecule has 1 aromatic carbocycles. The Kier molecular flexibility index (Phi) is 8.82. The van der Waals surface area contributed by atoms with Gasteiger partial charge in [-0.15, -0.1) is 0 Å². The summed E-state index contributed by atoms with van der Waals surface area (Å²) in [4.78, 5) is 13.9. The number of halogens is 1. The Hall–Kier alpha value is -1.74. The van der Waals surface area contributed by atoms with Gasteiger partial charge in [-0.05, 0) is 12.1 Å². The van der Waals surface area contributed by atoms with Crippen molar-refractivity contribution in [3.63, 3.8) is 0 Å². The molecule has 0 atom stereocenters. The number of likely N-dealkylation sites (tertiary alicyclic amines) is 1. The lowest BCUT2D eigenvalue weighted by Crippen LogP contribution is -3.13. The van der Waals surface area contributed by atoms with E-state index < -0.39 is 5.97 Å². The van der Waals surface area contributed by atoms with Crippen molar-refractivity contribution in [2.24, 2.45) is 0 Å². The minimum atomic E-state index is -0.403. The molecular formula is C20H30ClNO7. The van der Waals surface area contributed by atoms with Crippen LogP contribution in [-0.2, 0) is 14.2 Å². The van der Waals surface area contributed by atoms with E-state index >= 15 is 0 Å². The lowest BCUT2D eigenvalue weighted by atomic mass is 10.0. The molecule has 29 heavy (non-hydrogen) atoms. The summed E-state index contributed by atoms with van der Waals surface area (Å²) >= 11 is 0. The van der Waals surface area contributed by atoms with Crippen molar-refractivity contribution in [2.45, 2.75) is 25.0 Å². The number of hydrogen-bond donors (Lipinski definition) is 1. The van der Waals surface area contributed by atoms with Crippen molar-refractivity contribution in [1.82, 2.24) is 0 Å². The topological polar surface area (TPSA) is 76.9 Å². The summed E-state index contributed by atoms with van der Waals surface area (Å²) in [7, 11) is 4.55. The Morgan fingerprint density at radius 2 is 1.62 bits per heavy atom. The Balaban J connectivity index is 0.00000300. The minimum Gasteiger partial charge on any atom is -1.00 e. The van der Waals surface area contributed by atoms with E-state index in [4.69, 9.17) is 28.4 Å². The van der Waals surface area contributed by atoms with Crippen LogP contribution in [0.5, 0.6) is 17.2 Å². The molecule has 3 rings (SSSR count). The largest absolute Gasteiger partial charge is 1.00 e. The molecule has 164 valence electrons. The van der Waals surface area contributed by atoms with Gasteiger partial charge in [0.05, 0.1) is 79.2 Å². The van der Waals surface area contributed by atoms with E-state index in [2.05, 4.69) is 0 Å². The van der Waals surface area contributed by atoms with Gasteiger partial charge < -0.3 is 45.7 Å². The molecular weight excluding hydrogens is 402 g/mol. The van der Waals surface area contributed by atoms with Gasteiger partial charge in [-0.3, -0.25) is 0 Å². The van der Waals surface area contributed by atoms with Crippen LogP contribution in [0.2, 0.25) is 0 Å². The number of ether oxygens (including phenoxy) is 6. The average molecular weight is 432 g/mol. The summed E-state index contributed by atoms with van der Waals surface area (Å²) < 4.78 is 32.8. The highest BCUT2D eigenvalue weighted by molar-refractivity contribution is 5.91. The van der Waals surface area contributed by atoms with Crippen LogP contribution in [0.4, 0.5) is 0 Å². The van der Waals surface area contributed by atoms with Crippen molar-refractivity contribution in [3.05, 3.63) is 17.7 Å². The zero-order chi connectivity index (χ0) is 20.0. The number of quaternary nitrogens is 1. The summed E-state index contributed by atoms with van der Waals surface area (Å²) in [5.41, 5.74) is 0.372. The Bertz CT molecular complexity index is 644. The predicted molar refractivity (Wildman–Crippen MR) is 100 cm³/mol. The number of rotatable bonds is 8. The standard InChI is InChI=1S/C20H29NO7.ClH/c1-23-16-13-15(14-17(24-2)18(16)25-3)19(22)26-10-4-7-21-8-5-20(6-9-21)27-11-12-28-20;/h13-14H,4-12H2,1-3H3;1H. The second kappa shape index (κ2) is 10.9. The van der Waals surface area contributed by atoms with Gasteiger partial charge in [0, 0.05) is 6.42 Å². The summed E-state index contributed by atoms with van der Waals surface area (Å²) in [5, 5.41) is 0. The number of benzene rings is 1. The van der Waals surface area contributed by atoms with E-state index in [1.54, 1.807) is 12.1 Å². The van der Waals surface area contributed by atoms with Crippen LogP contribution in [0.1, 0.15) is 29.6 Å². The lowest BCUT2D eigenvalue weighted by Gasteiger charge is -2.35. The smallest absolute Gasteiger partial charge is 0.338 e. The number of carbonyl (C=O) groups is 1. The van der Waals surface area contributed by atoms with Crippen molar-refractivity contribution in [1.29, 1.82) is 0 Å². The van der Waals surface area contributed by atoms with Crippen LogP contribution in [0.3, 0.4) is 0 Å². The fourth-order valence-electron chi connectivity index (χ4n) is 3.79. The zero-order valence-corrected chi connectivity index (χ0v) is 18.0. The summed E-state index contributed by atoms with van der Waals surface area (Å²) in [6.45, 7) is 4.76. The molecule has 2 saturated heterocycles. The number of hydrogen-bond acceptors (Lipinski definition) is 7. The number of carbonyl (C=O) groups excluding carboxylic acids is 1. The number of methoxy groups -OCH3 is 3. The van der Waals surface area contributed by atoms with Crippen molar-refractivity contribution in [2.75, 3.05) is 60.8 Å². The van der Waals surface area contributed by atoms with Gasteiger partial charge in [0.25, 0.3) is 0 Å². The first-order valence-corrected chi connectivity index (χ1v) is 9.69. The highest BCUT2D eigenvalue weighted by atomic mass is 35.5. The number of piperidine rings is 1. The molecule has 1 spiro atoms. The van der Waals surface area contributed by atoms with Crippen LogP contribution in [-0.4, -0.2) is 72.5 Å². The molecule has 2 heterocycles. The predicted octanol–water partition coefficient (Wildman–Crippen LogP) is -2.31. The summed E-state index contributed by atoms with van der Waals surface area (Å²) in [6, 6.07) is 3.20. The van der Waals surface area contributed by atoms with Crippen LogP contribution in [0.25, 0.3) is 0 Å². The maximum Gasteiger partial charge on any atom is 0.338 e. The molecule has 0 amide bonds. The molecule has 0 aliphatic carbocycles. The normalized spacial score (nSPS) is 18.2. The molecule has 1 aromatic rings. The third kappa shape index (κ3) is 5.66. The van der Waals surface area contributed by atoms with E-state index in [0.29, 0.717) is 42.6 Å². The van der Waals surface area contributed by atoms with Gasteiger partial charge >= 0.3 is 5.97 Å². The van der Waals surface area contributed by atoms with E-state index in [1.165, 1.54) is 26.2 Å². The van der Waals surface area contributed by atoms with Gasteiger partial charge in [-0.25, -0.2) is 4.79 Å². The third-order valence-electron chi connectivity index (χ3n) is 5.34. The first-order valence-electron chi connectivity index (χ1n) is 9.69. The Morgan fingerprint density at radius 1 is 1.03 bits per heavy atom. The molecule has 0 aromatic heterocycles. The minimum absolute atomic E-state index is 0. The SMILES string of the molecule is COc1cc(C(=O)OCCC[NH+]2CCC3(CC2)OCCO3)cc(OC)c1OC.[Cl-]. The van der Waals surface area contributed by atoms with Crippen LogP contribution < -0.4 is 31.5 Å². The van der Waals surface area contributed by atoms with Gasteiger partial charge in [-0.2, -0.15) is 0 Å². The van der Waals surface area contributed by atoms with Crippen molar-refractivity contribution < 1.29 is 50.5 Å². The molecule has 2 aliphatic heterocycles. The fourth-order valence-corrected chi connectivity index (χ4v) is 3.79. The first-order chi connectivity index (χ1) is 13.6. The molecule has 2 fully saturated rings. The van der Waals surface area contributed by atoms with E-state index in [-0.39, 0.29) is 18.2 Å². The first kappa shape index (κ1) is 23.5. The molecule has 9 heteroatoms. The molecule has 0 saturated carbocycles. The van der Waals surface area contributed by atoms with E-state index in [9.17, 15) is 4.79 Å². The monoisotopic (exact) mass is 431 g/mol. The quantitative estimate of drug-likeness (QED) is 0.366. The highest BCUT2D eigenvalue weighted by Gasteiger charge is 2.41. The van der Waals surface area contributed by atoms with Gasteiger partial charge in [0.15, 0.2) is 17.3 Å². The second-order valence-corrected chi connectivity index (χ2v) is 7.01. The average Bonchev–Trinajstić information content (AvgIpc) is 3.19. The number of nitrogens with one attached hydrogen (secondary N) is 1. The molecule has 0 bridgehead atoms. The maximum absolute atomic E-state index is 12.4. The van der Waals surface area contributed by atoms with Gasteiger partial charge in [0.1, 0.15) is 0 Å². The highest BCUT2D eigenvalue weighted by Crippen LogP contribution is 2.38. The van der Waals surface area contributed by atoms with E-state index in [1.807, 2.05) is 0 Å². The van der Waals surface area contributed by atoms with Crippen molar-refractivity contribution >= 4 is 5.97 Å². The van der Waals surface area contributed by atoms with Crippen LogP contribution in [0.15, 0.2) is 12.1 Å². The van der Waals surface area contributed by atoms with E-state index in [0.717, 1.165) is 38.9 Å². The van der Waals surface area contributed by atoms with Crippen LogP contribution >= 0.6 is 0 Å². The Morgan fingerprint density at radius 3 is 2.14 bits per heavy atom. The fraction of sp³-hybridized carbons (Fsp3) is 0.650. The third-order valence-corrected chi connectivity index (χ3v) is 5.34. The molecule has 1 N–H and O–H groups in total. The zero-order valence-electron chi connectivity index (χ0n) is 17.3. The number of esters is 1. The van der Waals surface area contributed by atoms with Gasteiger partial charge in [0.2, 0.25) is 5.75 Å². The lowest BCUT2D eigenvalue weighted by molar-refractivity contribution is -0.909.